The first-order valence-electron chi connectivity index (χ1n) is 9.14. The topological polar surface area (TPSA) is 88.1 Å². The highest BCUT2D eigenvalue weighted by Gasteiger charge is 2.28. The van der Waals surface area contributed by atoms with Gasteiger partial charge in [0.1, 0.15) is 0 Å². The number of ether oxygens (including phenoxy) is 2. The third-order valence-electron chi connectivity index (χ3n) is 4.47. The maximum Gasteiger partial charge on any atom is 0.317 e. The van der Waals surface area contributed by atoms with Gasteiger partial charge in [-0.15, -0.1) is 0 Å². The van der Waals surface area contributed by atoms with Crippen molar-refractivity contribution in [1.29, 1.82) is 0 Å². The fraction of sp³-hybridized carbons (Fsp3) is 0.579. The van der Waals surface area contributed by atoms with Gasteiger partial charge in [-0.3, -0.25) is 4.79 Å². The summed E-state index contributed by atoms with van der Waals surface area (Å²) in [4.78, 5) is 25.2. The number of carbonyl (C=O) groups is 2. The Morgan fingerprint density at radius 3 is 2.62 bits per heavy atom. The fourth-order valence-corrected chi connectivity index (χ4v) is 3.06. The lowest BCUT2D eigenvalue weighted by molar-refractivity contribution is -0.143. The van der Waals surface area contributed by atoms with E-state index < -0.39 is 11.9 Å². The summed E-state index contributed by atoms with van der Waals surface area (Å²) in [5.74, 6) is -0.00271. The van der Waals surface area contributed by atoms with E-state index in [-0.39, 0.29) is 18.6 Å². The van der Waals surface area contributed by atoms with Crippen LogP contribution >= 0.6 is 0 Å². The van der Waals surface area contributed by atoms with Crippen molar-refractivity contribution in [3.63, 3.8) is 0 Å². The molecule has 1 aliphatic rings. The van der Waals surface area contributed by atoms with Crippen molar-refractivity contribution in [3.05, 3.63) is 23.8 Å². The highest BCUT2D eigenvalue weighted by molar-refractivity contribution is 5.77. The van der Waals surface area contributed by atoms with Crippen LogP contribution in [0.2, 0.25) is 0 Å². The number of carboxylic acids is 1. The summed E-state index contributed by atoms with van der Waals surface area (Å²) in [6, 6.07) is 5.14. The zero-order chi connectivity index (χ0) is 19.1. The predicted molar refractivity (Wildman–Crippen MR) is 97.7 cm³/mol. The Hall–Kier alpha value is -2.44. The summed E-state index contributed by atoms with van der Waals surface area (Å²) < 4.78 is 11.2. The van der Waals surface area contributed by atoms with Crippen molar-refractivity contribution < 1.29 is 24.2 Å². The lowest BCUT2D eigenvalue weighted by Crippen LogP contribution is -2.47. The molecule has 7 heteroatoms. The molecule has 1 aromatic carbocycles. The van der Waals surface area contributed by atoms with Crippen LogP contribution in [0.5, 0.6) is 11.5 Å². The lowest BCUT2D eigenvalue weighted by Gasteiger charge is -2.31. The van der Waals surface area contributed by atoms with Crippen molar-refractivity contribution in [2.24, 2.45) is 5.92 Å². The molecule has 1 aromatic rings. The van der Waals surface area contributed by atoms with Crippen molar-refractivity contribution >= 4 is 12.0 Å². The summed E-state index contributed by atoms with van der Waals surface area (Å²) in [5.41, 5.74) is 0.900. The Kier molecular flexibility index (Phi) is 7.12. The average Bonchev–Trinajstić information content (AvgIpc) is 2.63. The van der Waals surface area contributed by atoms with Gasteiger partial charge in [0.2, 0.25) is 0 Å². The maximum atomic E-state index is 12.5. The number of hydrogen-bond donors (Lipinski definition) is 2. The average molecular weight is 364 g/mol. The van der Waals surface area contributed by atoms with E-state index in [1.807, 2.05) is 39.0 Å². The molecule has 0 bridgehead atoms. The third-order valence-corrected chi connectivity index (χ3v) is 4.47. The molecule has 26 heavy (non-hydrogen) atoms. The zero-order valence-corrected chi connectivity index (χ0v) is 15.7. The summed E-state index contributed by atoms with van der Waals surface area (Å²) in [7, 11) is 0. The standard InChI is InChI=1S/C19H28N2O5/c1-4-25-16-9-8-14(11-17(16)26-5-2)13(3)20-19(24)21-10-6-7-15(12-21)18(22)23/h8-9,11,13,15H,4-7,10,12H2,1-3H3,(H,20,24)(H,22,23). The van der Waals surface area contributed by atoms with Crippen molar-refractivity contribution in [1.82, 2.24) is 10.2 Å². The van der Waals surface area contributed by atoms with Crippen LogP contribution in [-0.2, 0) is 4.79 Å². The molecule has 2 N–H and O–H groups in total. The van der Waals surface area contributed by atoms with E-state index in [0.717, 1.165) is 5.56 Å². The smallest absolute Gasteiger partial charge is 0.317 e. The minimum Gasteiger partial charge on any atom is -0.490 e. The Bertz CT molecular complexity index is 634. The molecule has 1 heterocycles. The number of carbonyl (C=O) groups excluding carboxylic acids is 1. The van der Waals surface area contributed by atoms with Crippen LogP contribution in [-0.4, -0.2) is 48.3 Å². The molecule has 0 radical (unpaired) electrons. The van der Waals surface area contributed by atoms with Gasteiger partial charge in [-0.25, -0.2) is 4.79 Å². The van der Waals surface area contributed by atoms with Gasteiger partial charge in [0, 0.05) is 13.1 Å². The lowest BCUT2D eigenvalue weighted by atomic mass is 9.98. The molecule has 2 rings (SSSR count). The van der Waals surface area contributed by atoms with Crippen molar-refractivity contribution in [2.45, 2.75) is 39.7 Å². The minimum atomic E-state index is -0.844. The number of likely N-dealkylation sites (tertiary alicyclic amines) is 1. The summed E-state index contributed by atoms with van der Waals surface area (Å²) in [6.45, 7) is 7.61. The normalized spacial score (nSPS) is 18.1. The Morgan fingerprint density at radius 2 is 1.96 bits per heavy atom. The monoisotopic (exact) mass is 364 g/mol. The number of amides is 2. The fourth-order valence-electron chi connectivity index (χ4n) is 3.06. The largest absolute Gasteiger partial charge is 0.490 e. The highest BCUT2D eigenvalue weighted by atomic mass is 16.5. The molecule has 0 aromatic heterocycles. The minimum absolute atomic E-state index is 0.234. The Labute approximate surface area is 154 Å². The third kappa shape index (κ3) is 5.03. The van der Waals surface area contributed by atoms with Crippen LogP contribution in [0.4, 0.5) is 4.79 Å². The van der Waals surface area contributed by atoms with E-state index in [9.17, 15) is 9.59 Å². The molecule has 1 saturated heterocycles. The van der Waals surface area contributed by atoms with Crippen LogP contribution in [0.25, 0.3) is 0 Å². The molecule has 7 nitrogen and oxygen atoms in total. The molecule has 144 valence electrons. The molecular formula is C19H28N2O5. The number of carboxylic acid groups (broad SMARTS) is 1. The molecule has 1 fully saturated rings. The number of urea groups is 1. The second kappa shape index (κ2) is 9.31. The number of hydrogen-bond acceptors (Lipinski definition) is 4. The number of aliphatic carboxylic acids is 1. The quantitative estimate of drug-likeness (QED) is 0.776. The predicted octanol–water partition coefficient (Wildman–Crippen LogP) is 3.05. The molecular weight excluding hydrogens is 336 g/mol. The number of piperidine rings is 1. The molecule has 2 amide bonds. The van der Waals surface area contributed by atoms with Crippen LogP contribution in [0, 0.1) is 5.92 Å². The first-order chi connectivity index (χ1) is 12.5. The van der Waals surface area contributed by atoms with Crippen molar-refractivity contribution in [3.8, 4) is 11.5 Å². The number of nitrogens with one attached hydrogen (secondary N) is 1. The number of rotatable bonds is 7. The van der Waals surface area contributed by atoms with E-state index in [1.165, 1.54) is 0 Å². The number of nitrogens with zero attached hydrogens (tertiary/aromatic N) is 1. The molecule has 2 unspecified atom stereocenters. The summed E-state index contributed by atoms with van der Waals surface area (Å²) in [5, 5.41) is 12.1. The van der Waals surface area contributed by atoms with E-state index in [0.29, 0.717) is 44.1 Å². The summed E-state index contributed by atoms with van der Waals surface area (Å²) in [6.07, 6.45) is 1.32. The van der Waals surface area contributed by atoms with Crippen LogP contribution in [0.15, 0.2) is 18.2 Å². The van der Waals surface area contributed by atoms with E-state index in [2.05, 4.69) is 5.32 Å². The van der Waals surface area contributed by atoms with E-state index >= 15 is 0 Å². The van der Waals surface area contributed by atoms with Crippen LogP contribution < -0.4 is 14.8 Å². The van der Waals surface area contributed by atoms with Gasteiger partial charge in [0.15, 0.2) is 11.5 Å². The van der Waals surface area contributed by atoms with Crippen LogP contribution in [0.3, 0.4) is 0 Å². The van der Waals surface area contributed by atoms with Gasteiger partial charge < -0.3 is 24.8 Å². The Balaban J connectivity index is 2.04. The second-order valence-electron chi connectivity index (χ2n) is 6.37. The zero-order valence-electron chi connectivity index (χ0n) is 15.7. The molecule has 2 atom stereocenters. The van der Waals surface area contributed by atoms with E-state index in [1.54, 1.807) is 4.90 Å². The van der Waals surface area contributed by atoms with Gasteiger partial charge in [-0.1, -0.05) is 6.07 Å². The SMILES string of the molecule is CCOc1ccc(C(C)NC(=O)N2CCCC(C(=O)O)C2)cc1OCC. The van der Waals surface area contributed by atoms with Gasteiger partial charge in [0.25, 0.3) is 0 Å². The highest BCUT2D eigenvalue weighted by Crippen LogP contribution is 2.31. The van der Waals surface area contributed by atoms with Gasteiger partial charge in [-0.2, -0.15) is 0 Å². The molecule has 1 aliphatic heterocycles. The van der Waals surface area contributed by atoms with E-state index in [4.69, 9.17) is 14.6 Å². The van der Waals surface area contributed by atoms with Gasteiger partial charge in [-0.05, 0) is 51.3 Å². The summed E-state index contributed by atoms with van der Waals surface area (Å²) >= 11 is 0. The molecule has 0 spiro atoms. The van der Waals surface area contributed by atoms with Gasteiger partial charge in [0.05, 0.1) is 25.2 Å². The number of benzene rings is 1. The van der Waals surface area contributed by atoms with Gasteiger partial charge >= 0.3 is 12.0 Å². The Morgan fingerprint density at radius 1 is 1.27 bits per heavy atom. The molecule has 0 saturated carbocycles. The molecule has 0 aliphatic carbocycles. The van der Waals surface area contributed by atoms with Crippen LogP contribution in [0.1, 0.15) is 45.2 Å². The maximum absolute atomic E-state index is 12.5. The second-order valence-corrected chi connectivity index (χ2v) is 6.37. The first kappa shape index (κ1) is 19.9. The van der Waals surface area contributed by atoms with Crippen molar-refractivity contribution in [2.75, 3.05) is 26.3 Å². The first-order valence-corrected chi connectivity index (χ1v) is 9.14.